The van der Waals surface area contributed by atoms with Gasteiger partial charge in [-0.25, -0.2) is 0 Å². The van der Waals surface area contributed by atoms with Gasteiger partial charge in [-0.05, 0) is 31.4 Å². The summed E-state index contributed by atoms with van der Waals surface area (Å²) >= 11 is 0. The highest BCUT2D eigenvalue weighted by molar-refractivity contribution is 5.28. The highest BCUT2D eigenvalue weighted by Gasteiger charge is 2.41. The van der Waals surface area contributed by atoms with Crippen LogP contribution in [-0.4, -0.2) is 17.8 Å². The van der Waals surface area contributed by atoms with Crippen molar-refractivity contribution in [3.63, 3.8) is 0 Å². The minimum atomic E-state index is -0.289. The molecule has 0 radical (unpaired) electrons. The number of aliphatic hydroxyl groups is 1. The molecule has 2 heteroatoms. The van der Waals surface area contributed by atoms with Crippen molar-refractivity contribution in [2.24, 2.45) is 5.73 Å². The highest BCUT2D eigenvalue weighted by atomic mass is 16.3. The fraction of sp³-hybridized carbons (Fsp3) is 0.571. The first-order chi connectivity index (χ1) is 7.79. The average molecular weight is 219 g/mol. The van der Waals surface area contributed by atoms with E-state index in [4.69, 9.17) is 5.73 Å². The van der Waals surface area contributed by atoms with Gasteiger partial charge in [-0.2, -0.15) is 0 Å². The number of hydrogen-bond donors (Lipinski definition) is 2. The van der Waals surface area contributed by atoms with Crippen LogP contribution in [0.15, 0.2) is 30.3 Å². The zero-order valence-corrected chi connectivity index (χ0v) is 9.73. The molecule has 0 saturated heterocycles. The summed E-state index contributed by atoms with van der Waals surface area (Å²) in [7, 11) is 0. The summed E-state index contributed by atoms with van der Waals surface area (Å²) in [5.41, 5.74) is 6.83. The minimum absolute atomic E-state index is 0.0272. The largest absolute Gasteiger partial charge is 0.392 e. The lowest BCUT2D eigenvalue weighted by molar-refractivity contribution is 0.0766. The van der Waals surface area contributed by atoms with Crippen LogP contribution in [-0.2, 0) is 5.41 Å². The van der Waals surface area contributed by atoms with Crippen LogP contribution in [0.1, 0.15) is 37.7 Å². The van der Waals surface area contributed by atoms with Crippen molar-refractivity contribution in [1.29, 1.82) is 0 Å². The standard InChI is InChI=1S/C14H21NO/c15-11-8-13(16)14(9-4-5-10-14)12-6-2-1-3-7-12/h1-3,6-7,13,16H,4-5,8-11,15H2/t13-/m0/s1. The summed E-state index contributed by atoms with van der Waals surface area (Å²) in [6.07, 6.45) is 5.04. The van der Waals surface area contributed by atoms with Crippen molar-refractivity contribution in [1.82, 2.24) is 0 Å². The molecule has 1 saturated carbocycles. The fourth-order valence-corrected chi connectivity index (χ4v) is 3.02. The molecule has 0 aromatic heterocycles. The number of aliphatic hydroxyl groups excluding tert-OH is 1. The Balaban J connectivity index is 2.28. The lowest BCUT2D eigenvalue weighted by Gasteiger charge is -2.35. The first-order valence-corrected chi connectivity index (χ1v) is 6.23. The first-order valence-electron chi connectivity index (χ1n) is 6.23. The van der Waals surface area contributed by atoms with E-state index >= 15 is 0 Å². The quantitative estimate of drug-likeness (QED) is 0.815. The molecule has 1 aromatic rings. The van der Waals surface area contributed by atoms with E-state index in [0.717, 1.165) is 12.8 Å². The molecule has 1 aliphatic rings. The molecule has 0 heterocycles. The molecule has 2 nitrogen and oxygen atoms in total. The van der Waals surface area contributed by atoms with Gasteiger partial charge in [0.2, 0.25) is 0 Å². The second-order valence-electron chi connectivity index (χ2n) is 4.82. The maximum Gasteiger partial charge on any atom is 0.0648 e. The third-order valence-corrected chi connectivity index (χ3v) is 3.92. The van der Waals surface area contributed by atoms with Crippen molar-refractivity contribution in [2.45, 2.75) is 43.6 Å². The highest BCUT2D eigenvalue weighted by Crippen LogP contribution is 2.44. The third-order valence-electron chi connectivity index (χ3n) is 3.92. The zero-order chi connectivity index (χ0) is 11.4. The maximum absolute atomic E-state index is 10.4. The van der Waals surface area contributed by atoms with Gasteiger partial charge in [0.05, 0.1) is 6.10 Å². The molecule has 88 valence electrons. The van der Waals surface area contributed by atoms with Crippen LogP contribution < -0.4 is 5.73 Å². The van der Waals surface area contributed by atoms with Crippen LogP contribution in [0, 0.1) is 0 Å². The van der Waals surface area contributed by atoms with E-state index in [0.29, 0.717) is 13.0 Å². The Hall–Kier alpha value is -0.860. The average Bonchev–Trinajstić information content (AvgIpc) is 2.81. The molecule has 1 aromatic carbocycles. The Morgan fingerprint density at radius 2 is 1.81 bits per heavy atom. The molecular weight excluding hydrogens is 198 g/mol. The maximum atomic E-state index is 10.4. The molecule has 2 rings (SSSR count). The molecule has 1 fully saturated rings. The Labute approximate surface area is 97.5 Å². The topological polar surface area (TPSA) is 46.2 Å². The van der Waals surface area contributed by atoms with Crippen LogP contribution in [0.25, 0.3) is 0 Å². The zero-order valence-electron chi connectivity index (χ0n) is 9.73. The van der Waals surface area contributed by atoms with E-state index < -0.39 is 0 Å². The van der Waals surface area contributed by atoms with Gasteiger partial charge < -0.3 is 10.8 Å². The summed E-state index contributed by atoms with van der Waals surface area (Å²) in [4.78, 5) is 0. The molecule has 1 aliphatic carbocycles. The fourth-order valence-electron chi connectivity index (χ4n) is 3.02. The molecule has 0 unspecified atom stereocenters. The Morgan fingerprint density at radius 1 is 1.19 bits per heavy atom. The van der Waals surface area contributed by atoms with Gasteiger partial charge >= 0.3 is 0 Å². The second kappa shape index (κ2) is 4.98. The van der Waals surface area contributed by atoms with E-state index in [1.807, 2.05) is 6.07 Å². The molecule has 0 bridgehead atoms. The van der Waals surface area contributed by atoms with E-state index in [9.17, 15) is 5.11 Å². The smallest absolute Gasteiger partial charge is 0.0648 e. The monoisotopic (exact) mass is 219 g/mol. The van der Waals surface area contributed by atoms with Crippen LogP contribution in [0.2, 0.25) is 0 Å². The number of nitrogens with two attached hydrogens (primary N) is 1. The van der Waals surface area contributed by atoms with Crippen LogP contribution in [0.3, 0.4) is 0 Å². The van der Waals surface area contributed by atoms with Gasteiger partial charge in [-0.3, -0.25) is 0 Å². The number of hydrogen-bond acceptors (Lipinski definition) is 2. The molecule has 3 N–H and O–H groups in total. The molecule has 0 spiro atoms. The summed E-state index contributed by atoms with van der Waals surface area (Å²) in [5.74, 6) is 0. The normalized spacial score (nSPS) is 20.9. The van der Waals surface area contributed by atoms with Gasteiger partial charge in [0.25, 0.3) is 0 Å². The van der Waals surface area contributed by atoms with E-state index in [2.05, 4.69) is 24.3 Å². The van der Waals surface area contributed by atoms with Gasteiger partial charge in [-0.15, -0.1) is 0 Å². The summed E-state index contributed by atoms with van der Waals surface area (Å²) < 4.78 is 0. The number of benzene rings is 1. The van der Waals surface area contributed by atoms with E-state index in [1.54, 1.807) is 0 Å². The van der Waals surface area contributed by atoms with Crippen molar-refractivity contribution in [2.75, 3.05) is 6.54 Å². The van der Waals surface area contributed by atoms with Gasteiger partial charge in [-0.1, -0.05) is 43.2 Å². The van der Waals surface area contributed by atoms with Crippen LogP contribution in [0.5, 0.6) is 0 Å². The summed E-state index contributed by atoms with van der Waals surface area (Å²) in [6, 6.07) is 10.4. The number of rotatable bonds is 4. The lowest BCUT2D eigenvalue weighted by atomic mass is 9.73. The van der Waals surface area contributed by atoms with Crippen molar-refractivity contribution >= 4 is 0 Å². The van der Waals surface area contributed by atoms with E-state index in [1.165, 1.54) is 18.4 Å². The van der Waals surface area contributed by atoms with Crippen molar-refractivity contribution in [3.05, 3.63) is 35.9 Å². The van der Waals surface area contributed by atoms with E-state index in [-0.39, 0.29) is 11.5 Å². The van der Waals surface area contributed by atoms with Gasteiger partial charge in [0, 0.05) is 5.41 Å². The molecule has 0 aliphatic heterocycles. The molecule has 16 heavy (non-hydrogen) atoms. The van der Waals surface area contributed by atoms with Crippen molar-refractivity contribution < 1.29 is 5.11 Å². The molecular formula is C14H21NO. The molecule has 0 amide bonds. The second-order valence-corrected chi connectivity index (χ2v) is 4.82. The van der Waals surface area contributed by atoms with Gasteiger partial charge in [0.1, 0.15) is 0 Å². The lowest BCUT2D eigenvalue weighted by Crippen LogP contribution is -2.38. The Kier molecular flexibility index (Phi) is 3.62. The van der Waals surface area contributed by atoms with Crippen molar-refractivity contribution in [3.8, 4) is 0 Å². The summed E-state index contributed by atoms with van der Waals surface area (Å²) in [6.45, 7) is 0.565. The molecule has 1 atom stereocenters. The summed E-state index contributed by atoms with van der Waals surface area (Å²) in [5, 5.41) is 10.4. The van der Waals surface area contributed by atoms with Gasteiger partial charge in [0.15, 0.2) is 0 Å². The van der Waals surface area contributed by atoms with Crippen LogP contribution >= 0.6 is 0 Å². The predicted molar refractivity (Wildman–Crippen MR) is 66.3 cm³/mol. The first kappa shape index (κ1) is 11.6. The SMILES string of the molecule is NCC[C@H](O)C1(c2ccccc2)CCCC1. The minimum Gasteiger partial charge on any atom is -0.392 e. The Bertz CT molecular complexity index is 317. The predicted octanol–water partition coefficient (Wildman–Crippen LogP) is 2.21. The van der Waals surface area contributed by atoms with Crippen LogP contribution in [0.4, 0.5) is 0 Å². The Morgan fingerprint density at radius 3 is 2.38 bits per heavy atom. The third kappa shape index (κ3) is 2.00.